The fourth-order valence-corrected chi connectivity index (χ4v) is 3.59. The number of hydrogen-bond donors (Lipinski definition) is 1. The third kappa shape index (κ3) is 3.70. The molecule has 0 saturated heterocycles. The summed E-state index contributed by atoms with van der Waals surface area (Å²) in [5, 5.41) is 2.99. The molecule has 136 valence electrons. The SMILES string of the molecule is Cc1ccccc1CNC(=O)c1cc(N2CCCc3ccccc32)ccn1. The van der Waals surface area contributed by atoms with Gasteiger partial charge < -0.3 is 10.2 Å². The molecular formula is C23H23N3O. The summed E-state index contributed by atoms with van der Waals surface area (Å²) in [5.74, 6) is -0.148. The highest BCUT2D eigenvalue weighted by atomic mass is 16.1. The van der Waals surface area contributed by atoms with E-state index in [9.17, 15) is 4.79 Å². The maximum atomic E-state index is 12.6. The second-order valence-corrected chi connectivity index (χ2v) is 6.89. The summed E-state index contributed by atoms with van der Waals surface area (Å²) in [6, 6.07) is 20.4. The molecule has 0 atom stereocenters. The normalized spacial score (nSPS) is 13.1. The zero-order valence-electron chi connectivity index (χ0n) is 15.5. The molecule has 0 saturated carbocycles. The van der Waals surface area contributed by atoms with Crippen LogP contribution in [0.15, 0.2) is 66.9 Å². The summed E-state index contributed by atoms with van der Waals surface area (Å²) in [6.07, 6.45) is 3.92. The standard InChI is InChI=1S/C23H23N3O/c1-17-7-2-3-9-19(17)16-25-23(27)21-15-20(12-13-24-21)26-14-6-10-18-8-4-5-11-22(18)26/h2-5,7-9,11-13,15H,6,10,14,16H2,1H3,(H,25,27). The van der Waals surface area contributed by atoms with Gasteiger partial charge in [-0.3, -0.25) is 9.78 Å². The van der Waals surface area contributed by atoms with Gasteiger partial charge in [0.2, 0.25) is 0 Å². The topological polar surface area (TPSA) is 45.2 Å². The molecule has 4 nitrogen and oxygen atoms in total. The highest BCUT2D eigenvalue weighted by Gasteiger charge is 2.19. The van der Waals surface area contributed by atoms with E-state index in [1.54, 1.807) is 6.20 Å². The van der Waals surface area contributed by atoms with Crippen LogP contribution in [0.1, 0.15) is 33.6 Å². The third-order valence-corrected chi connectivity index (χ3v) is 5.10. The van der Waals surface area contributed by atoms with E-state index in [0.717, 1.165) is 30.6 Å². The molecule has 4 rings (SSSR count). The summed E-state index contributed by atoms with van der Waals surface area (Å²) < 4.78 is 0. The Morgan fingerprint density at radius 2 is 1.93 bits per heavy atom. The molecule has 0 spiro atoms. The Balaban J connectivity index is 1.53. The Morgan fingerprint density at radius 1 is 1.11 bits per heavy atom. The van der Waals surface area contributed by atoms with Gasteiger partial charge in [0.1, 0.15) is 5.69 Å². The number of nitrogens with one attached hydrogen (secondary N) is 1. The molecular weight excluding hydrogens is 334 g/mol. The molecule has 4 heteroatoms. The minimum atomic E-state index is -0.148. The lowest BCUT2D eigenvalue weighted by molar-refractivity contribution is 0.0946. The highest BCUT2D eigenvalue weighted by molar-refractivity contribution is 5.93. The molecule has 0 fully saturated rings. The number of hydrogen-bond acceptors (Lipinski definition) is 3. The first kappa shape index (κ1) is 17.3. The molecule has 0 radical (unpaired) electrons. The number of amides is 1. The lowest BCUT2D eigenvalue weighted by atomic mass is 10.0. The van der Waals surface area contributed by atoms with E-state index in [0.29, 0.717) is 12.2 Å². The molecule has 2 aromatic carbocycles. The Labute approximate surface area is 159 Å². The molecule has 1 aliphatic rings. The summed E-state index contributed by atoms with van der Waals surface area (Å²) in [5.41, 5.74) is 6.33. The number of nitrogens with zero attached hydrogens (tertiary/aromatic N) is 2. The second-order valence-electron chi connectivity index (χ2n) is 6.89. The third-order valence-electron chi connectivity index (χ3n) is 5.10. The van der Waals surface area contributed by atoms with Crippen molar-refractivity contribution in [2.75, 3.05) is 11.4 Å². The van der Waals surface area contributed by atoms with Gasteiger partial charge in [-0.15, -0.1) is 0 Å². The molecule has 3 aromatic rings. The van der Waals surface area contributed by atoms with Crippen LogP contribution in [0.25, 0.3) is 0 Å². The molecule has 1 aromatic heterocycles. The Hall–Kier alpha value is -3.14. The van der Waals surface area contributed by atoms with Crippen molar-refractivity contribution in [1.29, 1.82) is 0 Å². The average molecular weight is 357 g/mol. The van der Waals surface area contributed by atoms with E-state index < -0.39 is 0 Å². The van der Waals surface area contributed by atoms with E-state index in [2.05, 4.69) is 39.5 Å². The van der Waals surface area contributed by atoms with Crippen molar-refractivity contribution in [2.45, 2.75) is 26.3 Å². The van der Waals surface area contributed by atoms with E-state index in [1.165, 1.54) is 16.8 Å². The average Bonchev–Trinajstić information content (AvgIpc) is 2.72. The van der Waals surface area contributed by atoms with Crippen LogP contribution >= 0.6 is 0 Å². The number of para-hydroxylation sites is 1. The van der Waals surface area contributed by atoms with Gasteiger partial charge in [0, 0.05) is 30.7 Å². The van der Waals surface area contributed by atoms with Crippen LogP contribution in [0.5, 0.6) is 0 Å². The lowest BCUT2D eigenvalue weighted by Crippen LogP contribution is -2.26. The van der Waals surface area contributed by atoms with Crippen molar-refractivity contribution in [3.63, 3.8) is 0 Å². The Morgan fingerprint density at radius 3 is 2.81 bits per heavy atom. The van der Waals surface area contributed by atoms with Crippen LogP contribution < -0.4 is 10.2 Å². The van der Waals surface area contributed by atoms with Crippen LogP contribution in [0.4, 0.5) is 11.4 Å². The molecule has 0 aliphatic carbocycles. The number of anilines is 2. The summed E-state index contributed by atoms with van der Waals surface area (Å²) >= 11 is 0. The fourth-order valence-electron chi connectivity index (χ4n) is 3.59. The predicted molar refractivity (Wildman–Crippen MR) is 108 cm³/mol. The lowest BCUT2D eigenvalue weighted by Gasteiger charge is -2.31. The smallest absolute Gasteiger partial charge is 0.270 e. The van der Waals surface area contributed by atoms with Crippen molar-refractivity contribution >= 4 is 17.3 Å². The number of carbonyl (C=O) groups excluding carboxylic acids is 1. The monoisotopic (exact) mass is 357 g/mol. The van der Waals surface area contributed by atoms with Gasteiger partial charge in [-0.05, 0) is 54.7 Å². The zero-order chi connectivity index (χ0) is 18.6. The van der Waals surface area contributed by atoms with E-state index >= 15 is 0 Å². The van der Waals surface area contributed by atoms with Crippen LogP contribution in [-0.4, -0.2) is 17.4 Å². The molecule has 0 unspecified atom stereocenters. The number of aromatic nitrogens is 1. The zero-order valence-corrected chi connectivity index (χ0v) is 15.5. The van der Waals surface area contributed by atoms with Crippen LogP contribution in [0.3, 0.4) is 0 Å². The molecule has 1 amide bonds. The summed E-state index contributed by atoms with van der Waals surface area (Å²) in [7, 11) is 0. The number of pyridine rings is 1. The molecule has 27 heavy (non-hydrogen) atoms. The van der Waals surface area contributed by atoms with E-state index in [1.807, 2.05) is 43.3 Å². The van der Waals surface area contributed by atoms with Gasteiger partial charge in [-0.1, -0.05) is 42.5 Å². The summed E-state index contributed by atoms with van der Waals surface area (Å²) in [4.78, 5) is 19.2. The largest absolute Gasteiger partial charge is 0.347 e. The van der Waals surface area contributed by atoms with Crippen LogP contribution in [-0.2, 0) is 13.0 Å². The van der Waals surface area contributed by atoms with Gasteiger partial charge in [0.15, 0.2) is 0 Å². The number of aryl methyl sites for hydroxylation is 2. The molecule has 2 heterocycles. The van der Waals surface area contributed by atoms with Gasteiger partial charge in [0.25, 0.3) is 5.91 Å². The first-order chi connectivity index (χ1) is 13.2. The van der Waals surface area contributed by atoms with Gasteiger partial charge in [0.05, 0.1) is 0 Å². The molecule has 1 aliphatic heterocycles. The maximum Gasteiger partial charge on any atom is 0.270 e. The number of rotatable bonds is 4. The fraction of sp³-hybridized carbons (Fsp3) is 0.217. The van der Waals surface area contributed by atoms with Gasteiger partial charge in [-0.2, -0.15) is 0 Å². The van der Waals surface area contributed by atoms with Crippen molar-refractivity contribution in [3.8, 4) is 0 Å². The van der Waals surface area contributed by atoms with Crippen LogP contribution in [0.2, 0.25) is 0 Å². The van der Waals surface area contributed by atoms with E-state index in [-0.39, 0.29) is 5.91 Å². The van der Waals surface area contributed by atoms with Crippen molar-refractivity contribution in [1.82, 2.24) is 10.3 Å². The summed E-state index contributed by atoms with van der Waals surface area (Å²) in [6.45, 7) is 3.50. The van der Waals surface area contributed by atoms with E-state index in [4.69, 9.17) is 0 Å². The first-order valence-electron chi connectivity index (χ1n) is 9.36. The number of carbonyl (C=O) groups is 1. The number of fused-ring (bicyclic) bond motifs is 1. The first-order valence-corrected chi connectivity index (χ1v) is 9.36. The van der Waals surface area contributed by atoms with Crippen molar-refractivity contribution in [3.05, 3.63) is 89.2 Å². The highest BCUT2D eigenvalue weighted by Crippen LogP contribution is 2.33. The number of benzene rings is 2. The molecule has 0 bridgehead atoms. The second kappa shape index (κ2) is 7.62. The quantitative estimate of drug-likeness (QED) is 0.752. The minimum absolute atomic E-state index is 0.148. The Bertz CT molecular complexity index is 967. The van der Waals surface area contributed by atoms with Crippen LogP contribution in [0, 0.1) is 6.92 Å². The Kier molecular flexibility index (Phi) is 4.88. The maximum absolute atomic E-state index is 12.6. The van der Waals surface area contributed by atoms with Gasteiger partial charge in [-0.25, -0.2) is 0 Å². The van der Waals surface area contributed by atoms with Crippen molar-refractivity contribution < 1.29 is 4.79 Å². The molecule has 1 N–H and O–H groups in total. The van der Waals surface area contributed by atoms with Crippen molar-refractivity contribution in [2.24, 2.45) is 0 Å². The minimum Gasteiger partial charge on any atom is -0.347 e. The van der Waals surface area contributed by atoms with Gasteiger partial charge >= 0.3 is 0 Å². The predicted octanol–water partition coefficient (Wildman–Crippen LogP) is 4.40.